The normalized spacial score (nSPS) is 18.0. The van der Waals surface area contributed by atoms with Gasteiger partial charge in [0, 0.05) is 0 Å². The van der Waals surface area contributed by atoms with Crippen molar-refractivity contribution < 1.29 is 43.9 Å². The van der Waals surface area contributed by atoms with Gasteiger partial charge >= 0.3 is 18.5 Å². The van der Waals surface area contributed by atoms with Gasteiger partial charge in [-0.25, -0.2) is 22.0 Å². The SMILES string of the molecule is FC(F)C(C(F)C(F)(F)C(F)F)C(F)(F)F. The van der Waals surface area contributed by atoms with Crippen molar-refractivity contribution in [3.63, 3.8) is 0 Å². The number of hydrogen-bond donors (Lipinski definition) is 0. The maximum absolute atomic E-state index is 12.4. The Balaban J connectivity index is 5.11. The van der Waals surface area contributed by atoms with Crippen LogP contribution in [0.25, 0.3) is 0 Å². The zero-order valence-corrected chi connectivity index (χ0v) is 7.09. The van der Waals surface area contributed by atoms with Gasteiger partial charge in [-0.3, -0.25) is 0 Å². The molecule has 2 atom stereocenters. The summed E-state index contributed by atoms with van der Waals surface area (Å²) in [6.45, 7) is 0. The lowest BCUT2D eigenvalue weighted by Gasteiger charge is -2.28. The molecule has 0 saturated heterocycles. The van der Waals surface area contributed by atoms with Crippen LogP contribution in [-0.2, 0) is 0 Å². The standard InChI is InChI=1S/C6H4F10/c7-2(5(12,13)4(10)11)1(3(8)9)6(14,15)16/h1-4H. The highest BCUT2D eigenvalue weighted by Gasteiger charge is 2.62. The van der Waals surface area contributed by atoms with E-state index in [1.807, 2.05) is 0 Å². The molecule has 10 heteroatoms. The van der Waals surface area contributed by atoms with E-state index in [1.165, 1.54) is 0 Å². The summed E-state index contributed by atoms with van der Waals surface area (Å²) in [5.41, 5.74) is 0. The Kier molecular flexibility index (Phi) is 4.46. The van der Waals surface area contributed by atoms with Crippen molar-refractivity contribution in [1.29, 1.82) is 0 Å². The van der Waals surface area contributed by atoms with E-state index in [9.17, 15) is 43.9 Å². The molecule has 0 saturated carbocycles. The molecule has 0 aliphatic carbocycles. The lowest BCUT2D eigenvalue weighted by atomic mass is 9.98. The molecule has 0 amide bonds. The summed E-state index contributed by atoms with van der Waals surface area (Å²) in [7, 11) is 0. The van der Waals surface area contributed by atoms with Gasteiger partial charge in [0.2, 0.25) is 0 Å². The maximum atomic E-state index is 12.4. The van der Waals surface area contributed by atoms with E-state index in [2.05, 4.69) is 0 Å². The highest BCUT2D eigenvalue weighted by molar-refractivity contribution is 4.89. The van der Waals surface area contributed by atoms with Crippen molar-refractivity contribution in [1.82, 2.24) is 0 Å². The fraction of sp³-hybridized carbons (Fsp3) is 1.00. The summed E-state index contributed by atoms with van der Waals surface area (Å²) in [6.07, 6.45) is -20.1. The molecule has 0 aromatic heterocycles. The Labute approximate surface area is 82.2 Å². The second-order valence-electron chi connectivity index (χ2n) is 2.78. The first-order chi connectivity index (χ1) is 6.92. The van der Waals surface area contributed by atoms with Crippen LogP contribution in [0.15, 0.2) is 0 Å². The zero-order valence-electron chi connectivity index (χ0n) is 7.09. The highest BCUT2D eigenvalue weighted by Crippen LogP contribution is 2.42. The predicted molar refractivity (Wildman–Crippen MR) is 31.4 cm³/mol. The molecule has 0 N–H and O–H groups in total. The van der Waals surface area contributed by atoms with Crippen LogP contribution >= 0.6 is 0 Å². The number of hydrogen-bond acceptors (Lipinski definition) is 0. The first-order valence-corrected chi connectivity index (χ1v) is 3.57. The van der Waals surface area contributed by atoms with Crippen LogP contribution < -0.4 is 0 Å². The van der Waals surface area contributed by atoms with Crippen LogP contribution in [0.2, 0.25) is 0 Å². The van der Waals surface area contributed by atoms with Gasteiger partial charge in [-0.1, -0.05) is 0 Å². The molecule has 0 aliphatic heterocycles. The summed E-state index contributed by atoms with van der Waals surface area (Å²) < 4.78 is 118. The molecule has 0 aliphatic rings. The molecular formula is C6H4F10. The minimum Gasteiger partial charge on any atom is -0.240 e. The van der Waals surface area contributed by atoms with Crippen LogP contribution in [0.3, 0.4) is 0 Å². The van der Waals surface area contributed by atoms with Crippen molar-refractivity contribution >= 4 is 0 Å². The van der Waals surface area contributed by atoms with E-state index < -0.39 is 37.0 Å². The molecule has 98 valence electrons. The Morgan fingerprint density at radius 1 is 0.688 bits per heavy atom. The van der Waals surface area contributed by atoms with Crippen LogP contribution in [0.5, 0.6) is 0 Å². The number of rotatable bonds is 4. The molecule has 0 spiro atoms. The summed E-state index contributed by atoms with van der Waals surface area (Å²) in [5.74, 6) is -10.2. The third-order valence-electron chi connectivity index (χ3n) is 1.62. The topological polar surface area (TPSA) is 0 Å². The van der Waals surface area contributed by atoms with E-state index in [-0.39, 0.29) is 0 Å². The summed E-state index contributed by atoms with van der Waals surface area (Å²) >= 11 is 0. The lowest BCUT2D eigenvalue weighted by molar-refractivity contribution is -0.269. The molecule has 0 bridgehead atoms. The van der Waals surface area contributed by atoms with Crippen LogP contribution in [0.4, 0.5) is 43.9 Å². The Morgan fingerprint density at radius 3 is 1.25 bits per heavy atom. The van der Waals surface area contributed by atoms with Gasteiger partial charge in [0.1, 0.15) is 0 Å². The molecule has 0 nitrogen and oxygen atoms in total. The van der Waals surface area contributed by atoms with Crippen molar-refractivity contribution in [3.8, 4) is 0 Å². The van der Waals surface area contributed by atoms with Crippen LogP contribution in [0.1, 0.15) is 0 Å². The quantitative estimate of drug-likeness (QED) is 0.681. The minimum atomic E-state index is -6.04. The molecule has 0 aromatic carbocycles. The molecule has 0 fully saturated rings. The van der Waals surface area contributed by atoms with Gasteiger partial charge in [0.15, 0.2) is 12.1 Å². The van der Waals surface area contributed by atoms with Crippen LogP contribution in [-0.4, -0.2) is 31.1 Å². The van der Waals surface area contributed by atoms with E-state index in [0.29, 0.717) is 0 Å². The second-order valence-corrected chi connectivity index (χ2v) is 2.78. The highest BCUT2D eigenvalue weighted by atomic mass is 19.4. The smallest absolute Gasteiger partial charge is 0.240 e. The average Bonchev–Trinajstić information content (AvgIpc) is 1.99. The largest absolute Gasteiger partial charge is 0.400 e. The molecule has 0 radical (unpaired) electrons. The Morgan fingerprint density at radius 2 is 1.06 bits per heavy atom. The van der Waals surface area contributed by atoms with Crippen molar-refractivity contribution in [2.24, 2.45) is 5.92 Å². The summed E-state index contributed by atoms with van der Waals surface area (Å²) in [5, 5.41) is 0. The molecule has 0 heterocycles. The van der Waals surface area contributed by atoms with Gasteiger partial charge in [0.25, 0.3) is 6.43 Å². The maximum Gasteiger partial charge on any atom is 0.400 e. The van der Waals surface area contributed by atoms with Gasteiger partial charge in [-0.2, -0.15) is 22.0 Å². The average molecular weight is 266 g/mol. The van der Waals surface area contributed by atoms with E-state index in [1.54, 1.807) is 0 Å². The Hall–Kier alpha value is -0.700. The number of halogens is 10. The predicted octanol–water partition coefficient (Wildman–Crippen LogP) is 3.67. The molecule has 16 heavy (non-hydrogen) atoms. The minimum absolute atomic E-state index is 4.45. The van der Waals surface area contributed by atoms with Gasteiger partial charge in [-0.15, -0.1) is 0 Å². The second kappa shape index (κ2) is 4.66. The van der Waals surface area contributed by atoms with Crippen molar-refractivity contribution in [2.45, 2.75) is 31.1 Å². The zero-order chi connectivity index (χ0) is 13.3. The fourth-order valence-electron chi connectivity index (χ4n) is 0.796. The van der Waals surface area contributed by atoms with Crippen molar-refractivity contribution in [2.75, 3.05) is 0 Å². The number of alkyl halides is 10. The molecule has 0 aromatic rings. The third-order valence-corrected chi connectivity index (χ3v) is 1.62. The van der Waals surface area contributed by atoms with E-state index in [4.69, 9.17) is 0 Å². The van der Waals surface area contributed by atoms with E-state index in [0.717, 1.165) is 0 Å². The van der Waals surface area contributed by atoms with Gasteiger partial charge in [0.05, 0.1) is 0 Å². The van der Waals surface area contributed by atoms with E-state index >= 15 is 0 Å². The van der Waals surface area contributed by atoms with Gasteiger partial charge in [-0.05, 0) is 0 Å². The molecule has 2 unspecified atom stereocenters. The van der Waals surface area contributed by atoms with Crippen LogP contribution in [0, 0.1) is 5.92 Å². The monoisotopic (exact) mass is 266 g/mol. The van der Waals surface area contributed by atoms with Crippen molar-refractivity contribution in [3.05, 3.63) is 0 Å². The fourth-order valence-corrected chi connectivity index (χ4v) is 0.796. The summed E-state index contributed by atoms with van der Waals surface area (Å²) in [6, 6.07) is 0. The molecule has 0 rings (SSSR count). The van der Waals surface area contributed by atoms with Gasteiger partial charge < -0.3 is 0 Å². The first-order valence-electron chi connectivity index (χ1n) is 3.57. The summed E-state index contributed by atoms with van der Waals surface area (Å²) in [4.78, 5) is 0. The first kappa shape index (κ1) is 15.3. The molecular weight excluding hydrogens is 262 g/mol. The Bertz CT molecular complexity index is 218. The lowest BCUT2D eigenvalue weighted by Crippen LogP contribution is -2.49. The third kappa shape index (κ3) is 3.14.